The Morgan fingerprint density at radius 3 is 2.48 bits per heavy atom. The van der Waals surface area contributed by atoms with Crippen molar-refractivity contribution in [3.63, 3.8) is 0 Å². The minimum Gasteiger partial charge on any atom is -0.497 e. The van der Waals surface area contributed by atoms with Crippen LogP contribution in [-0.4, -0.2) is 34.1 Å². The maximum Gasteiger partial charge on any atom is 0.258 e. The number of hydrogen-bond acceptors (Lipinski definition) is 5. The molecule has 1 heterocycles. The van der Waals surface area contributed by atoms with E-state index in [0.717, 1.165) is 0 Å². The van der Waals surface area contributed by atoms with Crippen molar-refractivity contribution in [3.8, 4) is 11.5 Å². The van der Waals surface area contributed by atoms with Crippen molar-refractivity contribution in [2.24, 2.45) is 0 Å². The van der Waals surface area contributed by atoms with Gasteiger partial charge in [0.2, 0.25) is 0 Å². The summed E-state index contributed by atoms with van der Waals surface area (Å²) >= 11 is 0. The Balaban J connectivity index is 2.36. The van der Waals surface area contributed by atoms with E-state index >= 15 is 0 Å². The average Bonchev–Trinajstić information content (AvgIpc) is 2.60. The van der Waals surface area contributed by atoms with E-state index in [0.29, 0.717) is 17.2 Å². The lowest BCUT2D eigenvalue weighted by Gasteiger charge is -2.19. The van der Waals surface area contributed by atoms with Gasteiger partial charge in [-0.05, 0) is 45.0 Å². The highest BCUT2D eigenvalue weighted by molar-refractivity contribution is 7.86. The van der Waals surface area contributed by atoms with Crippen LogP contribution in [-0.2, 0) is 10.8 Å². The number of aromatic nitrogens is 1. The zero-order valence-electron chi connectivity index (χ0n) is 15.0. The molecule has 6 nitrogen and oxygen atoms in total. The quantitative estimate of drug-likeness (QED) is 0.883. The van der Waals surface area contributed by atoms with Crippen LogP contribution in [0.15, 0.2) is 41.6 Å². The second-order valence-corrected chi connectivity index (χ2v) is 8.41. The number of pyridine rings is 1. The maximum absolute atomic E-state index is 12.7. The Kier molecular flexibility index (Phi) is 5.79. The fourth-order valence-electron chi connectivity index (χ4n) is 2.09. The number of benzene rings is 1. The Morgan fingerprint density at radius 1 is 1.16 bits per heavy atom. The van der Waals surface area contributed by atoms with Gasteiger partial charge in [-0.3, -0.25) is 9.00 Å². The van der Waals surface area contributed by atoms with Gasteiger partial charge in [-0.2, -0.15) is 0 Å². The van der Waals surface area contributed by atoms with Gasteiger partial charge in [-0.15, -0.1) is 0 Å². The van der Waals surface area contributed by atoms with Crippen molar-refractivity contribution >= 4 is 22.4 Å². The molecule has 1 aromatic heterocycles. The molecule has 0 aliphatic heterocycles. The summed E-state index contributed by atoms with van der Waals surface area (Å²) in [6, 6.07) is 8.33. The van der Waals surface area contributed by atoms with Gasteiger partial charge in [0.25, 0.3) is 5.91 Å². The highest BCUT2D eigenvalue weighted by atomic mass is 32.2. The Morgan fingerprint density at radius 2 is 1.88 bits per heavy atom. The highest BCUT2D eigenvalue weighted by Crippen LogP contribution is 2.30. The van der Waals surface area contributed by atoms with Gasteiger partial charge in [-0.1, -0.05) is 0 Å². The van der Waals surface area contributed by atoms with Crippen molar-refractivity contribution < 1.29 is 18.5 Å². The van der Waals surface area contributed by atoms with Crippen LogP contribution in [0.4, 0.5) is 5.69 Å². The predicted octanol–water partition coefficient (Wildman–Crippen LogP) is 3.26. The third-order valence-corrected chi connectivity index (χ3v) is 5.19. The lowest BCUT2D eigenvalue weighted by atomic mass is 10.2. The topological polar surface area (TPSA) is 77.5 Å². The number of methoxy groups -OCH3 is 2. The number of anilines is 1. The molecule has 2 aromatic rings. The standard InChI is InChI=1S/C18H22N2O4S/c1-18(2,3)25(22)17-13(7-6-10-19-17)16(21)20-14-9-8-12(23-4)11-15(14)24-5/h6-11H,1-5H3,(H,20,21). The Labute approximate surface area is 150 Å². The molecule has 1 unspecified atom stereocenters. The van der Waals surface area contributed by atoms with Crippen LogP contribution in [0, 0.1) is 0 Å². The summed E-state index contributed by atoms with van der Waals surface area (Å²) in [6.07, 6.45) is 1.53. The average molecular weight is 362 g/mol. The molecule has 0 saturated heterocycles. The van der Waals surface area contributed by atoms with Gasteiger partial charge in [0, 0.05) is 17.0 Å². The summed E-state index contributed by atoms with van der Waals surface area (Å²) in [5.41, 5.74) is 0.762. The van der Waals surface area contributed by atoms with Gasteiger partial charge in [-0.25, -0.2) is 4.98 Å². The van der Waals surface area contributed by atoms with Crippen LogP contribution >= 0.6 is 0 Å². The molecule has 0 radical (unpaired) electrons. The third kappa shape index (κ3) is 4.36. The summed E-state index contributed by atoms with van der Waals surface area (Å²) in [5, 5.41) is 3.05. The van der Waals surface area contributed by atoms with E-state index in [2.05, 4.69) is 10.3 Å². The van der Waals surface area contributed by atoms with E-state index in [1.807, 2.05) is 20.8 Å². The van der Waals surface area contributed by atoms with Crippen LogP contribution in [0.5, 0.6) is 11.5 Å². The first kappa shape index (κ1) is 18.9. The first-order chi connectivity index (χ1) is 11.8. The molecule has 7 heteroatoms. The summed E-state index contributed by atoms with van der Waals surface area (Å²) in [6.45, 7) is 5.52. The molecule has 1 atom stereocenters. The summed E-state index contributed by atoms with van der Waals surface area (Å²) < 4.78 is 22.6. The molecule has 1 N–H and O–H groups in total. The van der Waals surface area contributed by atoms with Gasteiger partial charge >= 0.3 is 0 Å². The molecule has 0 aliphatic carbocycles. The van der Waals surface area contributed by atoms with Crippen molar-refractivity contribution in [2.45, 2.75) is 30.5 Å². The summed E-state index contributed by atoms with van der Waals surface area (Å²) in [5.74, 6) is 0.685. The lowest BCUT2D eigenvalue weighted by molar-refractivity contribution is 0.102. The number of rotatable bonds is 5. The zero-order chi connectivity index (χ0) is 18.6. The van der Waals surface area contributed by atoms with Crippen molar-refractivity contribution in [2.75, 3.05) is 19.5 Å². The first-order valence-corrected chi connectivity index (χ1v) is 8.83. The predicted molar refractivity (Wildman–Crippen MR) is 97.9 cm³/mol. The van der Waals surface area contributed by atoms with Gasteiger partial charge in [0.15, 0.2) is 0 Å². The number of carbonyl (C=O) groups excluding carboxylic acids is 1. The number of carbonyl (C=O) groups is 1. The molecule has 1 amide bonds. The smallest absolute Gasteiger partial charge is 0.258 e. The molecule has 0 spiro atoms. The van der Waals surface area contributed by atoms with E-state index < -0.39 is 21.5 Å². The van der Waals surface area contributed by atoms with Crippen molar-refractivity contribution in [3.05, 3.63) is 42.1 Å². The highest BCUT2D eigenvalue weighted by Gasteiger charge is 2.27. The van der Waals surface area contributed by atoms with Gasteiger partial charge in [0.1, 0.15) is 16.5 Å². The van der Waals surface area contributed by atoms with Gasteiger partial charge < -0.3 is 14.8 Å². The third-order valence-electron chi connectivity index (χ3n) is 3.40. The maximum atomic E-state index is 12.7. The SMILES string of the molecule is COc1ccc(NC(=O)c2cccnc2S(=O)C(C)(C)C)c(OC)c1. The van der Waals surface area contributed by atoms with E-state index in [4.69, 9.17) is 9.47 Å². The minimum atomic E-state index is -1.43. The van der Waals surface area contributed by atoms with E-state index in [-0.39, 0.29) is 10.6 Å². The Hall–Kier alpha value is -2.41. The molecule has 134 valence electrons. The minimum absolute atomic E-state index is 0.264. The fraction of sp³-hybridized carbons (Fsp3) is 0.333. The van der Waals surface area contributed by atoms with Crippen LogP contribution in [0.3, 0.4) is 0 Å². The largest absolute Gasteiger partial charge is 0.497 e. The molecular formula is C18H22N2O4S. The van der Waals surface area contributed by atoms with E-state index in [9.17, 15) is 9.00 Å². The van der Waals surface area contributed by atoms with Gasteiger partial charge in [0.05, 0.1) is 36.3 Å². The number of ether oxygens (including phenoxy) is 2. The summed E-state index contributed by atoms with van der Waals surface area (Å²) in [7, 11) is 1.63. The zero-order valence-corrected chi connectivity index (χ0v) is 15.8. The van der Waals surface area contributed by atoms with E-state index in [1.54, 1.807) is 37.4 Å². The molecule has 2 rings (SSSR count). The Bertz CT molecular complexity index is 800. The van der Waals surface area contributed by atoms with Crippen LogP contribution in [0.1, 0.15) is 31.1 Å². The van der Waals surface area contributed by atoms with Crippen molar-refractivity contribution in [1.82, 2.24) is 4.98 Å². The van der Waals surface area contributed by atoms with Crippen molar-refractivity contribution in [1.29, 1.82) is 0 Å². The second-order valence-electron chi connectivity index (χ2n) is 6.26. The molecular weight excluding hydrogens is 340 g/mol. The second kappa shape index (κ2) is 7.65. The van der Waals surface area contributed by atoms with Crippen LogP contribution in [0.2, 0.25) is 0 Å². The first-order valence-electron chi connectivity index (χ1n) is 7.68. The number of amides is 1. The normalized spacial score (nSPS) is 12.4. The molecule has 0 saturated carbocycles. The van der Waals surface area contributed by atoms with E-state index in [1.165, 1.54) is 13.3 Å². The fourth-order valence-corrected chi connectivity index (χ4v) is 3.19. The molecule has 25 heavy (non-hydrogen) atoms. The van der Waals surface area contributed by atoms with Crippen LogP contribution < -0.4 is 14.8 Å². The van der Waals surface area contributed by atoms with Crippen LogP contribution in [0.25, 0.3) is 0 Å². The monoisotopic (exact) mass is 362 g/mol. The molecule has 0 bridgehead atoms. The molecule has 0 aliphatic rings. The number of nitrogens with one attached hydrogen (secondary N) is 1. The lowest BCUT2D eigenvalue weighted by Crippen LogP contribution is -2.25. The number of nitrogens with zero attached hydrogens (tertiary/aromatic N) is 1. The number of hydrogen-bond donors (Lipinski definition) is 1. The molecule has 1 aromatic carbocycles. The summed E-state index contributed by atoms with van der Waals surface area (Å²) in [4.78, 5) is 16.9. The molecule has 0 fully saturated rings.